The van der Waals surface area contributed by atoms with Gasteiger partial charge in [0.05, 0.1) is 18.1 Å². The number of nitrogens with zero attached hydrogens (tertiary/aromatic N) is 1. The van der Waals surface area contributed by atoms with Crippen LogP contribution in [0.3, 0.4) is 0 Å². The molecule has 1 aromatic carbocycles. The van der Waals surface area contributed by atoms with E-state index in [1.54, 1.807) is 24.3 Å². The predicted molar refractivity (Wildman–Crippen MR) is 98.4 cm³/mol. The van der Waals surface area contributed by atoms with Crippen LogP contribution in [0, 0.1) is 5.92 Å². The van der Waals surface area contributed by atoms with Crippen molar-refractivity contribution in [2.75, 3.05) is 18.2 Å². The first-order valence-electron chi connectivity index (χ1n) is 8.21. The van der Waals surface area contributed by atoms with Crippen molar-refractivity contribution in [1.29, 1.82) is 0 Å². The molecule has 2 aromatic rings. The van der Waals surface area contributed by atoms with Crippen molar-refractivity contribution in [2.45, 2.75) is 24.6 Å². The quantitative estimate of drug-likeness (QED) is 0.418. The number of ketones is 1. The van der Waals surface area contributed by atoms with Crippen molar-refractivity contribution < 1.29 is 14.3 Å². The zero-order chi connectivity index (χ0) is 18.5. The highest BCUT2D eigenvalue weighted by atomic mass is 32.2. The van der Waals surface area contributed by atoms with E-state index in [0.29, 0.717) is 22.1 Å². The Balaban J connectivity index is 1.57. The molecule has 1 heterocycles. The molecule has 1 fully saturated rings. The molecule has 2 N–H and O–H groups in total. The molecule has 1 aliphatic rings. The normalized spacial score (nSPS) is 13.4. The monoisotopic (exact) mass is 373 g/mol. The smallest absolute Gasteiger partial charge is 0.251 e. The number of amides is 1. The third-order valence-corrected chi connectivity index (χ3v) is 4.70. The first-order chi connectivity index (χ1) is 12.5. The Morgan fingerprint density at radius 3 is 2.69 bits per heavy atom. The van der Waals surface area contributed by atoms with Gasteiger partial charge >= 0.3 is 0 Å². The number of H-pyrrole nitrogens is 1. The van der Waals surface area contributed by atoms with Crippen molar-refractivity contribution in [3.05, 3.63) is 51.9 Å². The second-order valence-corrected chi connectivity index (χ2v) is 6.99. The zero-order valence-corrected chi connectivity index (χ0v) is 15.1. The number of aromatic amines is 1. The summed E-state index contributed by atoms with van der Waals surface area (Å²) in [5.41, 5.74) is 1.46. The van der Waals surface area contributed by atoms with Crippen LogP contribution in [-0.2, 0) is 16.1 Å². The number of carbonyl (C=O) groups is 2. The Hall–Kier alpha value is -2.45. The molecule has 1 aromatic heterocycles. The topological polar surface area (TPSA) is 101 Å². The lowest BCUT2D eigenvalue weighted by Gasteiger charge is -2.06. The van der Waals surface area contributed by atoms with Gasteiger partial charge in [0.15, 0.2) is 10.9 Å². The number of ether oxygens (including phenoxy) is 1. The molecular formula is C18H19N3O4S. The Labute approximate surface area is 154 Å². The van der Waals surface area contributed by atoms with E-state index in [1.807, 2.05) is 0 Å². The summed E-state index contributed by atoms with van der Waals surface area (Å²) >= 11 is 1.16. The molecule has 1 amide bonds. The molecule has 1 aliphatic carbocycles. The molecule has 26 heavy (non-hydrogen) atoms. The van der Waals surface area contributed by atoms with Gasteiger partial charge in [0.2, 0.25) is 5.91 Å². The van der Waals surface area contributed by atoms with Crippen LogP contribution in [0.2, 0.25) is 0 Å². The lowest BCUT2D eigenvalue weighted by atomic mass is 10.1. The van der Waals surface area contributed by atoms with Gasteiger partial charge in [-0.3, -0.25) is 14.4 Å². The van der Waals surface area contributed by atoms with Crippen molar-refractivity contribution >= 4 is 29.1 Å². The lowest BCUT2D eigenvalue weighted by Crippen LogP contribution is -2.13. The lowest BCUT2D eigenvalue weighted by molar-refractivity contribution is -0.117. The van der Waals surface area contributed by atoms with Crippen molar-refractivity contribution in [1.82, 2.24) is 9.97 Å². The summed E-state index contributed by atoms with van der Waals surface area (Å²) in [5, 5.41) is 3.22. The molecule has 0 saturated heterocycles. The average Bonchev–Trinajstić information content (AvgIpc) is 3.45. The predicted octanol–water partition coefficient (Wildman–Crippen LogP) is 2.24. The van der Waals surface area contributed by atoms with E-state index < -0.39 is 0 Å². The Morgan fingerprint density at radius 1 is 1.31 bits per heavy atom. The fraction of sp³-hybridized carbons (Fsp3) is 0.333. The van der Waals surface area contributed by atoms with Crippen LogP contribution < -0.4 is 10.9 Å². The molecule has 0 bridgehead atoms. The largest absolute Gasteiger partial charge is 0.378 e. The third kappa shape index (κ3) is 5.03. The maximum Gasteiger partial charge on any atom is 0.251 e. The maximum absolute atomic E-state index is 12.3. The standard InChI is InChI=1S/C18H19N3O4S/c1-25-9-14-8-16(23)21-18(20-14)26-10-15(22)11-4-6-13(7-5-11)19-17(24)12-2-3-12/h4-8,12H,2-3,9-10H2,1H3,(H,19,24)(H,20,21,23). The molecule has 136 valence electrons. The Bertz CT molecular complexity index is 859. The minimum Gasteiger partial charge on any atom is -0.378 e. The first kappa shape index (κ1) is 18.3. The molecule has 0 spiro atoms. The van der Waals surface area contributed by atoms with E-state index in [4.69, 9.17) is 4.74 Å². The van der Waals surface area contributed by atoms with E-state index >= 15 is 0 Å². The molecule has 0 atom stereocenters. The highest BCUT2D eigenvalue weighted by molar-refractivity contribution is 7.99. The van der Waals surface area contributed by atoms with Gasteiger partial charge in [-0.2, -0.15) is 0 Å². The van der Waals surface area contributed by atoms with Crippen LogP contribution in [0.15, 0.2) is 40.3 Å². The van der Waals surface area contributed by atoms with Crippen molar-refractivity contribution in [3.8, 4) is 0 Å². The van der Waals surface area contributed by atoms with E-state index in [1.165, 1.54) is 13.2 Å². The molecular weight excluding hydrogens is 354 g/mol. The summed E-state index contributed by atoms with van der Waals surface area (Å²) in [5.74, 6) is 0.226. The number of anilines is 1. The first-order valence-corrected chi connectivity index (χ1v) is 9.20. The minimum absolute atomic E-state index is 0.0330. The molecule has 1 saturated carbocycles. The number of benzene rings is 1. The number of aromatic nitrogens is 2. The third-order valence-electron chi connectivity index (χ3n) is 3.83. The van der Waals surface area contributed by atoms with Crippen LogP contribution in [0.25, 0.3) is 0 Å². The van der Waals surface area contributed by atoms with Gasteiger partial charge in [-0.1, -0.05) is 11.8 Å². The van der Waals surface area contributed by atoms with Gasteiger partial charge in [-0.15, -0.1) is 0 Å². The molecule has 0 radical (unpaired) electrons. The van der Waals surface area contributed by atoms with Crippen molar-refractivity contribution in [3.63, 3.8) is 0 Å². The number of hydrogen-bond donors (Lipinski definition) is 2. The van der Waals surface area contributed by atoms with Crippen LogP contribution in [0.5, 0.6) is 0 Å². The number of rotatable bonds is 8. The number of methoxy groups -OCH3 is 1. The molecule has 0 aliphatic heterocycles. The second-order valence-electron chi connectivity index (χ2n) is 6.03. The van der Waals surface area contributed by atoms with Gasteiger partial charge in [-0.05, 0) is 37.1 Å². The fourth-order valence-electron chi connectivity index (χ4n) is 2.32. The van der Waals surface area contributed by atoms with Gasteiger partial charge in [0.1, 0.15) is 0 Å². The number of nitrogens with one attached hydrogen (secondary N) is 2. The fourth-order valence-corrected chi connectivity index (χ4v) is 3.11. The summed E-state index contributed by atoms with van der Waals surface area (Å²) in [7, 11) is 1.52. The van der Waals surface area contributed by atoms with E-state index in [9.17, 15) is 14.4 Å². The van der Waals surface area contributed by atoms with Gasteiger partial charge in [0, 0.05) is 30.3 Å². The number of carbonyl (C=O) groups excluding carboxylic acids is 2. The van der Waals surface area contributed by atoms with E-state index in [0.717, 1.165) is 24.6 Å². The minimum atomic E-state index is -0.280. The van der Waals surface area contributed by atoms with Gasteiger partial charge in [-0.25, -0.2) is 4.98 Å². The molecule has 8 heteroatoms. The zero-order valence-electron chi connectivity index (χ0n) is 14.3. The summed E-state index contributed by atoms with van der Waals surface area (Å²) in [6, 6.07) is 8.17. The molecule has 7 nitrogen and oxygen atoms in total. The number of Topliss-reactive ketones (excluding diaryl/α,β-unsaturated/α-hetero) is 1. The Kier molecular flexibility index (Phi) is 5.85. The molecule has 0 unspecified atom stereocenters. The SMILES string of the molecule is COCc1cc(=O)[nH]c(SCC(=O)c2ccc(NC(=O)C3CC3)cc2)n1. The summed E-state index contributed by atoms with van der Waals surface area (Å²) in [6.07, 6.45) is 1.89. The summed E-state index contributed by atoms with van der Waals surface area (Å²) < 4.78 is 4.97. The average molecular weight is 373 g/mol. The number of thioether (sulfide) groups is 1. The Morgan fingerprint density at radius 2 is 2.04 bits per heavy atom. The van der Waals surface area contributed by atoms with Crippen LogP contribution in [0.1, 0.15) is 28.9 Å². The van der Waals surface area contributed by atoms with Crippen LogP contribution in [-0.4, -0.2) is 34.5 Å². The second kappa shape index (κ2) is 8.29. The van der Waals surface area contributed by atoms with E-state index in [2.05, 4.69) is 15.3 Å². The molecule has 3 rings (SSSR count). The summed E-state index contributed by atoms with van der Waals surface area (Å²) in [4.78, 5) is 42.5. The maximum atomic E-state index is 12.3. The summed E-state index contributed by atoms with van der Waals surface area (Å²) in [6.45, 7) is 0.236. The van der Waals surface area contributed by atoms with E-state index in [-0.39, 0.29) is 35.5 Å². The van der Waals surface area contributed by atoms with Gasteiger partial charge in [0.25, 0.3) is 5.56 Å². The van der Waals surface area contributed by atoms with Crippen molar-refractivity contribution in [2.24, 2.45) is 5.92 Å². The van der Waals surface area contributed by atoms with Crippen LogP contribution in [0.4, 0.5) is 5.69 Å². The highest BCUT2D eigenvalue weighted by Crippen LogP contribution is 2.30. The van der Waals surface area contributed by atoms with Crippen LogP contribution >= 0.6 is 11.8 Å². The highest BCUT2D eigenvalue weighted by Gasteiger charge is 2.29. The number of hydrogen-bond acceptors (Lipinski definition) is 6. The van der Waals surface area contributed by atoms with Gasteiger partial charge < -0.3 is 15.0 Å².